The number of fused-ring (bicyclic) bond motifs is 1. The van der Waals surface area contributed by atoms with Crippen molar-refractivity contribution in [3.63, 3.8) is 0 Å². The number of aryl methyl sites for hydroxylation is 1. The van der Waals surface area contributed by atoms with Gasteiger partial charge in [0.1, 0.15) is 11.3 Å². The van der Waals surface area contributed by atoms with Gasteiger partial charge >= 0.3 is 11.9 Å². The van der Waals surface area contributed by atoms with E-state index < -0.39 is 17.5 Å². The molecule has 172 valence electrons. The highest BCUT2D eigenvalue weighted by Crippen LogP contribution is 2.26. The summed E-state index contributed by atoms with van der Waals surface area (Å²) >= 11 is 0. The van der Waals surface area contributed by atoms with Gasteiger partial charge in [-0.05, 0) is 64.4 Å². The maximum atomic E-state index is 12.8. The average Bonchev–Trinajstić information content (AvgIpc) is 3.27. The van der Waals surface area contributed by atoms with Crippen molar-refractivity contribution < 1.29 is 19.1 Å². The summed E-state index contributed by atoms with van der Waals surface area (Å²) < 4.78 is 10.6. The third-order valence-electron chi connectivity index (χ3n) is 5.32. The van der Waals surface area contributed by atoms with E-state index in [1.807, 2.05) is 40.9 Å². The van der Waals surface area contributed by atoms with Crippen molar-refractivity contribution in [3.8, 4) is 0 Å². The molecule has 32 heavy (non-hydrogen) atoms. The number of esters is 2. The third kappa shape index (κ3) is 5.05. The van der Waals surface area contributed by atoms with E-state index in [4.69, 9.17) is 9.47 Å². The topological polar surface area (TPSA) is 87.4 Å². The highest BCUT2D eigenvalue weighted by Gasteiger charge is 2.29. The molecule has 0 fully saturated rings. The molecule has 0 saturated heterocycles. The van der Waals surface area contributed by atoms with E-state index in [0.717, 1.165) is 5.52 Å². The molecule has 0 aliphatic rings. The van der Waals surface area contributed by atoms with E-state index in [-0.39, 0.29) is 0 Å². The summed E-state index contributed by atoms with van der Waals surface area (Å²) in [6.07, 6.45) is 2.51. The molecule has 0 aliphatic heterocycles. The molecule has 0 saturated carbocycles. The van der Waals surface area contributed by atoms with Gasteiger partial charge in [-0.25, -0.2) is 9.59 Å². The SMILES string of the molecule is CCc1c(C(=O)OC(C)(C)C)[nH]c(CN(C)Cc2c[nH]c3ccc(C)cc23)c1C(=O)OC. The number of ether oxygens (including phenoxy) is 2. The van der Waals surface area contributed by atoms with Crippen molar-refractivity contribution in [2.45, 2.75) is 59.7 Å². The lowest BCUT2D eigenvalue weighted by atomic mass is 10.1. The molecule has 0 atom stereocenters. The van der Waals surface area contributed by atoms with Crippen LogP contribution < -0.4 is 0 Å². The molecule has 1 aromatic carbocycles. The van der Waals surface area contributed by atoms with Gasteiger partial charge in [0.2, 0.25) is 0 Å². The summed E-state index contributed by atoms with van der Waals surface area (Å²) in [6.45, 7) is 10.6. The predicted octanol–water partition coefficient (Wildman–Crippen LogP) is 4.74. The number of methoxy groups -OCH3 is 1. The van der Waals surface area contributed by atoms with Crippen LogP contribution in [0, 0.1) is 6.92 Å². The zero-order valence-corrected chi connectivity index (χ0v) is 20.0. The van der Waals surface area contributed by atoms with Crippen LogP contribution in [-0.2, 0) is 29.0 Å². The summed E-state index contributed by atoms with van der Waals surface area (Å²) in [5, 5.41) is 1.18. The van der Waals surface area contributed by atoms with E-state index >= 15 is 0 Å². The van der Waals surface area contributed by atoms with Crippen LogP contribution >= 0.6 is 0 Å². The quantitative estimate of drug-likeness (QED) is 0.519. The number of nitrogens with zero attached hydrogens (tertiary/aromatic N) is 1. The number of carbonyl (C=O) groups is 2. The second kappa shape index (κ2) is 9.20. The zero-order valence-electron chi connectivity index (χ0n) is 20.0. The molecule has 3 aromatic rings. The second-order valence-corrected chi connectivity index (χ2v) is 9.21. The molecule has 2 heterocycles. The van der Waals surface area contributed by atoms with Crippen molar-refractivity contribution in [1.82, 2.24) is 14.9 Å². The standard InChI is InChI=1S/C25H33N3O4/c1-8-17-21(23(29)31-7)20(27-22(17)24(30)32-25(3,4)5)14-28(6)13-16-12-26-19-10-9-15(2)11-18(16)19/h9-12,26-27H,8,13-14H2,1-7H3. The minimum absolute atomic E-state index is 0.314. The third-order valence-corrected chi connectivity index (χ3v) is 5.32. The summed E-state index contributed by atoms with van der Waals surface area (Å²) in [7, 11) is 3.33. The first-order chi connectivity index (χ1) is 15.0. The maximum absolute atomic E-state index is 12.8. The van der Waals surface area contributed by atoms with Crippen LogP contribution in [0.1, 0.15) is 70.9 Å². The minimum Gasteiger partial charge on any atom is -0.465 e. The Morgan fingerprint density at radius 3 is 2.47 bits per heavy atom. The number of aromatic nitrogens is 2. The summed E-state index contributed by atoms with van der Waals surface area (Å²) in [5.41, 5.74) is 4.82. The summed E-state index contributed by atoms with van der Waals surface area (Å²) in [5.74, 6) is -0.931. The van der Waals surface area contributed by atoms with Gasteiger partial charge in [0.25, 0.3) is 0 Å². The van der Waals surface area contributed by atoms with Gasteiger partial charge in [0.15, 0.2) is 0 Å². The Labute approximate surface area is 189 Å². The number of benzene rings is 1. The fraction of sp³-hybridized carbons (Fsp3) is 0.440. The second-order valence-electron chi connectivity index (χ2n) is 9.21. The Kier molecular flexibility index (Phi) is 6.79. The average molecular weight is 440 g/mol. The van der Waals surface area contributed by atoms with Gasteiger partial charge in [0.05, 0.1) is 12.7 Å². The van der Waals surface area contributed by atoms with Crippen LogP contribution in [-0.4, -0.2) is 46.6 Å². The summed E-state index contributed by atoms with van der Waals surface area (Å²) in [6, 6.07) is 6.33. The van der Waals surface area contributed by atoms with Crippen molar-refractivity contribution in [3.05, 3.63) is 58.0 Å². The Morgan fingerprint density at radius 2 is 1.84 bits per heavy atom. The molecular weight excluding hydrogens is 406 g/mol. The molecule has 0 spiro atoms. The Bertz CT molecular complexity index is 1130. The lowest BCUT2D eigenvalue weighted by Crippen LogP contribution is -2.24. The van der Waals surface area contributed by atoms with Crippen molar-refractivity contribution in [1.29, 1.82) is 0 Å². The Balaban J connectivity index is 1.92. The van der Waals surface area contributed by atoms with Crippen LogP contribution in [0.5, 0.6) is 0 Å². The number of carbonyl (C=O) groups excluding carboxylic acids is 2. The van der Waals surface area contributed by atoms with E-state index in [9.17, 15) is 9.59 Å². The molecule has 0 aliphatic carbocycles. The fourth-order valence-electron chi connectivity index (χ4n) is 3.96. The first kappa shape index (κ1) is 23.6. The predicted molar refractivity (Wildman–Crippen MR) is 125 cm³/mol. The van der Waals surface area contributed by atoms with Crippen LogP contribution in [0.25, 0.3) is 10.9 Å². The molecule has 2 N–H and O–H groups in total. The van der Waals surface area contributed by atoms with Crippen LogP contribution in [0.15, 0.2) is 24.4 Å². The first-order valence-electron chi connectivity index (χ1n) is 10.8. The van der Waals surface area contributed by atoms with Gasteiger partial charge < -0.3 is 19.4 Å². The fourth-order valence-corrected chi connectivity index (χ4v) is 3.96. The molecule has 3 rings (SSSR count). The maximum Gasteiger partial charge on any atom is 0.355 e. The van der Waals surface area contributed by atoms with E-state index in [1.165, 1.54) is 23.6 Å². The van der Waals surface area contributed by atoms with Gasteiger partial charge in [0, 0.05) is 35.9 Å². The Hall–Kier alpha value is -3.06. The monoisotopic (exact) mass is 439 g/mol. The minimum atomic E-state index is -0.636. The largest absolute Gasteiger partial charge is 0.465 e. The van der Waals surface area contributed by atoms with Gasteiger partial charge in [-0.1, -0.05) is 18.6 Å². The van der Waals surface area contributed by atoms with Gasteiger partial charge in [-0.15, -0.1) is 0 Å². The Morgan fingerprint density at radius 1 is 1.12 bits per heavy atom. The van der Waals surface area contributed by atoms with E-state index in [1.54, 1.807) is 0 Å². The molecule has 2 aromatic heterocycles. The van der Waals surface area contributed by atoms with Crippen molar-refractivity contribution >= 4 is 22.8 Å². The van der Waals surface area contributed by atoms with Crippen LogP contribution in [0.2, 0.25) is 0 Å². The van der Waals surface area contributed by atoms with Gasteiger partial charge in [-0.3, -0.25) is 4.90 Å². The van der Waals surface area contributed by atoms with E-state index in [0.29, 0.717) is 42.0 Å². The smallest absolute Gasteiger partial charge is 0.355 e. The van der Waals surface area contributed by atoms with Crippen molar-refractivity contribution in [2.24, 2.45) is 0 Å². The van der Waals surface area contributed by atoms with E-state index in [2.05, 4.69) is 40.0 Å². The number of hydrogen-bond donors (Lipinski definition) is 2. The normalized spacial score (nSPS) is 11.9. The van der Waals surface area contributed by atoms with Gasteiger partial charge in [-0.2, -0.15) is 0 Å². The van der Waals surface area contributed by atoms with Crippen LogP contribution in [0.4, 0.5) is 0 Å². The number of aromatic amines is 2. The lowest BCUT2D eigenvalue weighted by Gasteiger charge is -2.19. The first-order valence-corrected chi connectivity index (χ1v) is 10.8. The highest BCUT2D eigenvalue weighted by molar-refractivity contribution is 5.98. The molecule has 0 unspecified atom stereocenters. The summed E-state index contributed by atoms with van der Waals surface area (Å²) in [4.78, 5) is 34.0. The molecule has 0 amide bonds. The number of hydrogen-bond acceptors (Lipinski definition) is 5. The molecule has 0 radical (unpaired) electrons. The number of H-pyrrole nitrogens is 2. The van der Waals surface area contributed by atoms with Crippen molar-refractivity contribution in [2.75, 3.05) is 14.2 Å². The molecular formula is C25H33N3O4. The number of nitrogens with one attached hydrogen (secondary N) is 2. The highest BCUT2D eigenvalue weighted by atomic mass is 16.6. The zero-order chi connectivity index (χ0) is 23.6. The molecule has 7 nitrogen and oxygen atoms in total. The lowest BCUT2D eigenvalue weighted by molar-refractivity contribution is 0.00620. The molecule has 7 heteroatoms. The molecule has 0 bridgehead atoms. The van der Waals surface area contributed by atoms with Crippen LogP contribution in [0.3, 0.4) is 0 Å². The number of rotatable bonds is 7.